The van der Waals surface area contributed by atoms with Gasteiger partial charge in [0.05, 0.1) is 5.92 Å². The smallest absolute Gasteiger partial charge is 0.324 e. The molecular formula is C12H14F3N. The molecule has 1 aromatic carbocycles. The van der Waals surface area contributed by atoms with Crippen molar-refractivity contribution < 1.29 is 13.2 Å². The first kappa shape index (κ1) is 11.5. The van der Waals surface area contributed by atoms with Crippen LogP contribution < -0.4 is 5.73 Å². The third-order valence-corrected chi connectivity index (χ3v) is 3.11. The standard InChI is InChI=1S/C12H14F3N/c1-8-3-2-4-9(7-8)10(12(13,14)15)11(16)5-6-11/h2-4,7,10H,5-6,16H2,1H3. The van der Waals surface area contributed by atoms with E-state index in [4.69, 9.17) is 5.73 Å². The van der Waals surface area contributed by atoms with Crippen molar-refractivity contribution in [1.82, 2.24) is 0 Å². The maximum Gasteiger partial charge on any atom is 0.397 e. The van der Waals surface area contributed by atoms with Crippen molar-refractivity contribution in [3.8, 4) is 0 Å². The van der Waals surface area contributed by atoms with E-state index >= 15 is 0 Å². The molecule has 2 rings (SSSR count). The summed E-state index contributed by atoms with van der Waals surface area (Å²) in [7, 11) is 0. The monoisotopic (exact) mass is 229 g/mol. The van der Waals surface area contributed by atoms with E-state index in [0.717, 1.165) is 5.56 Å². The summed E-state index contributed by atoms with van der Waals surface area (Å²) in [6, 6.07) is 6.52. The molecule has 2 N–H and O–H groups in total. The van der Waals surface area contributed by atoms with Crippen LogP contribution in [0, 0.1) is 6.92 Å². The Kier molecular flexibility index (Phi) is 2.49. The lowest BCUT2D eigenvalue weighted by Crippen LogP contribution is -2.40. The summed E-state index contributed by atoms with van der Waals surface area (Å²) in [5.41, 5.74) is 5.78. The third kappa shape index (κ3) is 2.07. The van der Waals surface area contributed by atoms with Crippen LogP contribution >= 0.6 is 0 Å². The molecule has 0 aromatic heterocycles. The van der Waals surface area contributed by atoms with Crippen LogP contribution in [0.15, 0.2) is 24.3 Å². The highest BCUT2D eigenvalue weighted by Crippen LogP contribution is 2.52. The number of hydrogen-bond acceptors (Lipinski definition) is 1. The zero-order valence-electron chi connectivity index (χ0n) is 9.01. The Labute approximate surface area is 92.5 Å². The number of aryl methyl sites for hydroxylation is 1. The molecule has 16 heavy (non-hydrogen) atoms. The van der Waals surface area contributed by atoms with E-state index in [1.165, 1.54) is 6.07 Å². The van der Waals surface area contributed by atoms with Gasteiger partial charge in [0.2, 0.25) is 0 Å². The number of hydrogen-bond donors (Lipinski definition) is 1. The van der Waals surface area contributed by atoms with Crippen LogP contribution in [0.1, 0.15) is 29.9 Å². The van der Waals surface area contributed by atoms with Crippen molar-refractivity contribution in [3.05, 3.63) is 35.4 Å². The molecule has 1 aliphatic rings. The number of alkyl halides is 3. The van der Waals surface area contributed by atoms with Crippen molar-refractivity contribution in [2.24, 2.45) is 5.73 Å². The summed E-state index contributed by atoms with van der Waals surface area (Å²) < 4.78 is 39.0. The van der Waals surface area contributed by atoms with Gasteiger partial charge in [-0.25, -0.2) is 0 Å². The van der Waals surface area contributed by atoms with Gasteiger partial charge in [-0.1, -0.05) is 29.8 Å². The molecule has 1 unspecified atom stereocenters. The molecule has 1 nitrogen and oxygen atoms in total. The summed E-state index contributed by atoms with van der Waals surface area (Å²) in [6.45, 7) is 1.78. The van der Waals surface area contributed by atoms with E-state index in [-0.39, 0.29) is 5.56 Å². The Morgan fingerprint density at radius 1 is 1.31 bits per heavy atom. The van der Waals surface area contributed by atoms with Crippen molar-refractivity contribution in [1.29, 1.82) is 0 Å². The van der Waals surface area contributed by atoms with Crippen LogP contribution in [-0.4, -0.2) is 11.7 Å². The summed E-state index contributed by atoms with van der Waals surface area (Å²) in [5, 5.41) is 0. The molecule has 88 valence electrons. The average molecular weight is 229 g/mol. The number of nitrogens with two attached hydrogens (primary N) is 1. The van der Waals surface area contributed by atoms with E-state index in [2.05, 4.69) is 0 Å². The van der Waals surface area contributed by atoms with E-state index in [9.17, 15) is 13.2 Å². The summed E-state index contributed by atoms with van der Waals surface area (Å²) in [5.74, 6) is -1.53. The molecule has 1 aromatic rings. The van der Waals surface area contributed by atoms with E-state index in [0.29, 0.717) is 12.8 Å². The second kappa shape index (κ2) is 3.48. The van der Waals surface area contributed by atoms with Gasteiger partial charge in [-0.2, -0.15) is 13.2 Å². The molecule has 1 aliphatic carbocycles. The highest BCUT2D eigenvalue weighted by Gasteiger charge is 2.58. The molecule has 0 radical (unpaired) electrons. The van der Waals surface area contributed by atoms with Gasteiger partial charge < -0.3 is 5.73 Å². The molecule has 4 heteroatoms. The Balaban J connectivity index is 2.40. The molecule has 0 amide bonds. The largest absolute Gasteiger partial charge is 0.397 e. The predicted molar refractivity (Wildman–Crippen MR) is 56.1 cm³/mol. The van der Waals surface area contributed by atoms with E-state index in [1.807, 2.05) is 0 Å². The maximum atomic E-state index is 13.0. The first-order chi connectivity index (χ1) is 7.33. The summed E-state index contributed by atoms with van der Waals surface area (Å²) in [6.07, 6.45) is -3.37. The molecular weight excluding hydrogens is 215 g/mol. The van der Waals surface area contributed by atoms with Gasteiger partial charge >= 0.3 is 6.18 Å². The Hall–Kier alpha value is -1.03. The fourth-order valence-electron chi connectivity index (χ4n) is 2.13. The van der Waals surface area contributed by atoms with Crippen molar-refractivity contribution in [3.63, 3.8) is 0 Å². The number of rotatable bonds is 2. The zero-order valence-corrected chi connectivity index (χ0v) is 9.01. The van der Waals surface area contributed by atoms with Gasteiger partial charge in [0.25, 0.3) is 0 Å². The Bertz CT molecular complexity index is 388. The van der Waals surface area contributed by atoms with Gasteiger partial charge in [0, 0.05) is 5.54 Å². The minimum atomic E-state index is -4.26. The van der Waals surface area contributed by atoms with Crippen molar-refractivity contribution >= 4 is 0 Å². The quantitative estimate of drug-likeness (QED) is 0.828. The van der Waals surface area contributed by atoms with Crippen LogP contribution in [-0.2, 0) is 0 Å². The molecule has 0 aliphatic heterocycles. The second-order valence-corrected chi connectivity index (χ2v) is 4.62. The van der Waals surface area contributed by atoms with Crippen molar-refractivity contribution in [2.75, 3.05) is 0 Å². The number of halogens is 3. The Morgan fingerprint density at radius 3 is 2.38 bits per heavy atom. The van der Waals surface area contributed by atoms with Gasteiger partial charge in [-0.15, -0.1) is 0 Å². The predicted octanol–water partition coefficient (Wildman–Crippen LogP) is 3.13. The first-order valence-electron chi connectivity index (χ1n) is 5.25. The number of benzene rings is 1. The molecule has 0 heterocycles. The molecule has 1 fully saturated rings. The molecule has 0 bridgehead atoms. The summed E-state index contributed by atoms with van der Waals surface area (Å²) >= 11 is 0. The van der Waals surface area contributed by atoms with Gasteiger partial charge in [0.1, 0.15) is 0 Å². The summed E-state index contributed by atoms with van der Waals surface area (Å²) in [4.78, 5) is 0. The van der Waals surface area contributed by atoms with Crippen LogP contribution in [0.2, 0.25) is 0 Å². The van der Waals surface area contributed by atoms with Crippen LogP contribution in [0.4, 0.5) is 13.2 Å². The molecule has 1 atom stereocenters. The van der Waals surface area contributed by atoms with Crippen LogP contribution in [0.5, 0.6) is 0 Å². The highest BCUT2D eigenvalue weighted by molar-refractivity contribution is 5.32. The van der Waals surface area contributed by atoms with Crippen LogP contribution in [0.3, 0.4) is 0 Å². The topological polar surface area (TPSA) is 26.0 Å². The first-order valence-corrected chi connectivity index (χ1v) is 5.25. The lowest BCUT2D eigenvalue weighted by Gasteiger charge is -2.26. The van der Waals surface area contributed by atoms with Gasteiger partial charge in [-0.3, -0.25) is 0 Å². The van der Waals surface area contributed by atoms with Gasteiger partial charge in [0.15, 0.2) is 0 Å². The van der Waals surface area contributed by atoms with Crippen molar-refractivity contribution in [2.45, 2.75) is 37.4 Å². The zero-order chi connectivity index (χ0) is 12.0. The fourth-order valence-corrected chi connectivity index (χ4v) is 2.13. The SMILES string of the molecule is Cc1cccc(C(C(F)(F)F)C2(N)CC2)c1. The molecule has 1 saturated carbocycles. The Morgan fingerprint density at radius 2 is 1.94 bits per heavy atom. The average Bonchev–Trinajstić information content (AvgIpc) is 2.81. The normalized spacial score (nSPS) is 20.6. The minimum absolute atomic E-state index is 0.285. The van der Waals surface area contributed by atoms with E-state index < -0.39 is 17.6 Å². The fraction of sp³-hybridized carbons (Fsp3) is 0.500. The lowest BCUT2D eigenvalue weighted by atomic mass is 9.88. The van der Waals surface area contributed by atoms with Crippen LogP contribution in [0.25, 0.3) is 0 Å². The van der Waals surface area contributed by atoms with E-state index in [1.54, 1.807) is 25.1 Å². The second-order valence-electron chi connectivity index (χ2n) is 4.62. The molecule has 0 saturated heterocycles. The third-order valence-electron chi connectivity index (χ3n) is 3.11. The lowest BCUT2D eigenvalue weighted by molar-refractivity contribution is -0.157. The van der Waals surface area contributed by atoms with Gasteiger partial charge in [-0.05, 0) is 25.3 Å². The maximum absolute atomic E-state index is 13.0. The minimum Gasteiger partial charge on any atom is -0.324 e. The highest BCUT2D eigenvalue weighted by atomic mass is 19.4. The molecule has 0 spiro atoms.